The smallest absolute Gasteiger partial charge is 0.328 e. The SMILES string of the molecule is COc1ccc(CCCCOc2ccc(CSc3ccc(Cl)cc3)nc2C=CC(=O)O)cc1. The highest BCUT2D eigenvalue weighted by Gasteiger charge is 2.07. The van der Waals surface area contributed by atoms with E-state index in [0.717, 1.165) is 41.7 Å². The summed E-state index contributed by atoms with van der Waals surface area (Å²) < 4.78 is 11.1. The van der Waals surface area contributed by atoms with E-state index in [9.17, 15) is 4.79 Å². The van der Waals surface area contributed by atoms with E-state index in [2.05, 4.69) is 17.1 Å². The molecule has 0 unspecified atom stereocenters. The second kappa shape index (κ2) is 12.9. The Morgan fingerprint density at radius 3 is 2.52 bits per heavy atom. The van der Waals surface area contributed by atoms with Crippen LogP contribution in [0.1, 0.15) is 29.8 Å². The number of rotatable bonds is 12. The van der Waals surface area contributed by atoms with E-state index in [-0.39, 0.29) is 0 Å². The summed E-state index contributed by atoms with van der Waals surface area (Å²) in [5, 5.41) is 9.72. The average Bonchev–Trinajstić information content (AvgIpc) is 2.83. The predicted molar refractivity (Wildman–Crippen MR) is 133 cm³/mol. The summed E-state index contributed by atoms with van der Waals surface area (Å²) in [5.41, 5.74) is 2.61. The van der Waals surface area contributed by atoms with Crippen LogP contribution in [0.4, 0.5) is 0 Å². The second-order valence-electron chi connectivity index (χ2n) is 7.25. The fourth-order valence-corrected chi connectivity index (χ4v) is 4.00. The molecule has 0 atom stereocenters. The van der Waals surface area contributed by atoms with E-state index in [4.69, 9.17) is 26.2 Å². The third kappa shape index (κ3) is 8.48. The summed E-state index contributed by atoms with van der Waals surface area (Å²) >= 11 is 7.57. The molecule has 172 valence electrons. The van der Waals surface area contributed by atoms with Crippen LogP contribution in [0.3, 0.4) is 0 Å². The van der Waals surface area contributed by atoms with Crippen LogP contribution in [0, 0.1) is 0 Å². The number of aromatic nitrogens is 1. The highest BCUT2D eigenvalue weighted by atomic mass is 35.5. The molecule has 0 saturated carbocycles. The van der Waals surface area contributed by atoms with Gasteiger partial charge in [0.25, 0.3) is 0 Å². The van der Waals surface area contributed by atoms with E-state index in [1.165, 1.54) is 11.6 Å². The van der Waals surface area contributed by atoms with Gasteiger partial charge in [-0.05, 0) is 79.4 Å². The van der Waals surface area contributed by atoms with Crippen molar-refractivity contribution in [3.05, 3.63) is 88.7 Å². The Kier molecular flexibility index (Phi) is 9.66. The number of methoxy groups -OCH3 is 1. The van der Waals surface area contributed by atoms with Crippen molar-refractivity contribution in [2.45, 2.75) is 29.9 Å². The van der Waals surface area contributed by atoms with Crippen LogP contribution in [0.25, 0.3) is 6.08 Å². The molecule has 5 nitrogen and oxygen atoms in total. The molecule has 1 heterocycles. The van der Waals surface area contributed by atoms with Gasteiger partial charge in [0.15, 0.2) is 0 Å². The summed E-state index contributed by atoms with van der Waals surface area (Å²) in [4.78, 5) is 16.7. The van der Waals surface area contributed by atoms with Crippen molar-refractivity contribution in [2.75, 3.05) is 13.7 Å². The number of carbonyl (C=O) groups is 1. The van der Waals surface area contributed by atoms with Gasteiger partial charge >= 0.3 is 5.97 Å². The number of aryl methyl sites for hydroxylation is 1. The lowest BCUT2D eigenvalue weighted by Crippen LogP contribution is -2.02. The van der Waals surface area contributed by atoms with E-state index >= 15 is 0 Å². The van der Waals surface area contributed by atoms with Crippen LogP contribution in [0.5, 0.6) is 11.5 Å². The van der Waals surface area contributed by atoms with Crippen LogP contribution >= 0.6 is 23.4 Å². The van der Waals surface area contributed by atoms with Crippen molar-refractivity contribution in [3.8, 4) is 11.5 Å². The van der Waals surface area contributed by atoms with Crippen molar-refractivity contribution in [1.82, 2.24) is 4.98 Å². The van der Waals surface area contributed by atoms with Crippen molar-refractivity contribution >= 4 is 35.4 Å². The Labute approximate surface area is 203 Å². The third-order valence-corrected chi connectivity index (χ3v) is 6.10. The Balaban J connectivity index is 1.55. The zero-order valence-corrected chi connectivity index (χ0v) is 19.9. The molecule has 0 aliphatic rings. The zero-order valence-electron chi connectivity index (χ0n) is 18.4. The van der Waals surface area contributed by atoms with Gasteiger partial charge < -0.3 is 14.6 Å². The largest absolute Gasteiger partial charge is 0.497 e. The molecule has 0 aliphatic heterocycles. The molecule has 0 radical (unpaired) electrons. The number of pyridine rings is 1. The van der Waals surface area contributed by atoms with Crippen LogP contribution < -0.4 is 9.47 Å². The van der Waals surface area contributed by atoms with Gasteiger partial charge in [0.1, 0.15) is 17.2 Å². The first-order valence-corrected chi connectivity index (χ1v) is 11.9. The topological polar surface area (TPSA) is 68.7 Å². The van der Waals surface area contributed by atoms with Crippen LogP contribution in [-0.2, 0) is 17.0 Å². The number of hydrogen-bond acceptors (Lipinski definition) is 5. The second-order valence-corrected chi connectivity index (χ2v) is 8.74. The first-order chi connectivity index (χ1) is 16.0. The number of nitrogens with zero attached hydrogens (tertiary/aromatic N) is 1. The van der Waals surface area contributed by atoms with Crippen LogP contribution in [0.15, 0.2) is 71.6 Å². The van der Waals surface area contributed by atoms with Gasteiger partial charge in [-0.25, -0.2) is 9.78 Å². The summed E-state index contributed by atoms with van der Waals surface area (Å²) in [6, 6.07) is 19.5. The Morgan fingerprint density at radius 2 is 1.82 bits per heavy atom. The molecule has 0 spiro atoms. The van der Waals surface area contributed by atoms with E-state index in [1.54, 1.807) is 18.9 Å². The van der Waals surface area contributed by atoms with Gasteiger partial charge in [-0.3, -0.25) is 0 Å². The van der Waals surface area contributed by atoms with E-state index < -0.39 is 5.97 Å². The Bertz CT molecular complexity index is 1070. The molecule has 0 saturated heterocycles. The minimum atomic E-state index is -1.02. The van der Waals surface area contributed by atoms with E-state index in [0.29, 0.717) is 28.8 Å². The molecule has 0 amide bonds. The number of benzene rings is 2. The van der Waals surface area contributed by atoms with Crippen molar-refractivity contribution in [3.63, 3.8) is 0 Å². The lowest BCUT2D eigenvalue weighted by molar-refractivity contribution is -0.131. The number of aliphatic carboxylic acids is 1. The fourth-order valence-electron chi connectivity index (χ4n) is 3.07. The molecule has 3 aromatic rings. The average molecular weight is 484 g/mol. The van der Waals surface area contributed by atoms with Gasteiger partial charge in [0, 0.05) is 21.7 Å². The maximum atomic E-state index is 11.0. The highest BCUT2D eigenvalue weighted by molar-refractivity contribution is 7.98. The number of halogens is 1. The van der Waals surface area contributed by atoms with Gasteiger partial charge in [-0.15, -0.1) is 11.8 Å². The minimum Gasteiger partial charge on any atom is -0.497 e. The summed E-state index contributed by atoms with van der Waals surface area (Å²) in [7, 11) is 1.66. The fraction of sp³-hybridized carbons (Fsp3) is 0.231. The maximum Gasteiger partial charge on any atom is 0.328 e. The molecule has 0 fully saturated rings. The lowest BCUT2D eigenvalue weighted by Gasteiger charge is -2.11. The first kappa shape index (κ1) is 24.7. The first-order valence-electron chi connectivity index (χ1n) is 10.6. The molecule has 1 N–H and O–H groups in total. The van der Waals surface area contributed by atoms with Crippen molar-refractivity contribution < 1.29 is 19.4 Å². The summed E-state index contributed by atoms with van der Waals surface area (Å²) in [6.07, 6.45) is 5.37. The molecule has 1 aromatic heterocycles. The minimum absolute atomic E-state index is 0.516. The third-order valence-electron chi connectivity index (χ3n) is 4.80. The molecule has 0 bridgehead atoms. The zero-order chi connectivity index (χ0) is 23.5. The number of ether oxygens (including phenoxy) is 2. The van der Waals surface area contributed by atoms with Crippen LogP contribution in [-0.4, -0.2) is 29.8 Å². The number of carboxylic acids is 1. The standard InChI is InChI=1S/C26H26ClNO4S/c1-31-22-10-5-19(6-11-22)4-2-3-17-32-25-15-9-21(28-24(25)14-16-26(29)30)18-33-23-12-7-20(27)8-13-23/h5-16H,2-4,17-18H2,1H3,(H,29,30). The highest BCUT2D eigenvalue weighted by Crippen LogP contribution is 2.26. The summed E-state index contributed by atoms with van der Waals surface area (Å²) in [5.74, 6) is 1.06. The van der Waals surface area contributed by atoms with E-state index in [1.807, 2.05) is 48.5 Å². The summed E-state index contributed by atoms with van der Waals surface area (Å²) in [6.45, 7) is 0.532. The number of hydrogen-bond donors (Lipinski definition) is 1. The van der Waals surface area contributed by atoms with Gasteiger partial charge in [-0.2, -0.15) is 0 Å². The molecular formula is C26H26ClNO4S. The van der Waals surface area contributed by atoms with Crippen molar-refractivity contribution in [2.24, 2.45) is 0 Å². The molecule has 0 aliphatic carbocycles. The molecule has 3 rings (SSSR count). The van der Waals surface area contributed by atoms with Gasteiger partial charge in [-0.1, -0.05) is 23.7 Å². The normalized spacial score (nSPS) is 11.0. The predicted octanol–water partition coefficient (Wildman–Crippen LogP) is 6.54. The molecule has 2 aromatic carbocycles. The number of thioether (sulfide) groups is 1. The number of unbranched alkanes of at least 4 members (excludes halogenated alkanes) is 1. The van der Waals surface area contributed by atoms with Crippen molar-refractivity contribution in [1.29, 1.82) is 0 Å². The van der Waals surface area contributed by atoms with Gasteiger partial charge in [0.2, 0.25) is 0 Å². The monoisotopic (exact) mass is 483 g/mol. The molecule has 33 heavy (non-hydrogen) atoms. The Morgan fingerprint density at radius 1 is 1.06 bits per heavy atom. The quantitative estimate of drug-likeness (QED) is 0.179. The van der Waals surface area contributed by atoms with Gasteiger partial charge in [0.05, 0.1) is 19.4 Å². The molecule has 7 heteroatoms. The van der Waals surface area contributed by atoms with Crippen LogP contribution in [0.2, 0.25) is 5.02 Å². The Hall–Kier alpha value is -2.96. The molecular weight excluding hydrogens is 458 g/mol. The number of carboxylic acid groups (broad SMARTS) is 1. The maximum absolute atomic E-state index is 11.0. The lowest BCUT2D eigenvalue weighted by atomic mass is 10.1.